The van der Waals surface area contributed by atoms with Crippen molar-refractivity contribution in [3.05, 3.63) is 29.8 Å². The fourth-order valence-corrected chi connectivity index (χ4v) is 1.89. The first-order valence-electron chi connectivity index (χ1n) is 6.45. The van der Waals surface area contributed by atoms with Gasteiger partial charge in [-0.05, 0) is 37.5 Å². The molecule has 0 bridgehead atoms. The summed E-state index contributed by atoms with van der Waals surface area (Å²) in [6.45, 7) is 7.15. The van der Waals surface area contributed by atoms with Crippen LogP contribution in [-0.2, 0) is 0 Å². The number of nitrogens with one attached hydrogen (secondary N) is 1. The maximum absolute atomic E-state index is 7.54. The first-order valence-corrected chi connectivity index (χ1v) is 6.45. The lowest BCUT2D eigenvalue weighted by molar-refractivity contribution is 0.452. The van der Waals surface area contributed by atoms with Crippen LogP contribution >= 0.6 is 0 Å². The maximum atomic E-state index is 7.54. The van der Waals surface area contributed by atoms with E-state index < -0.39 is 0 Å². The summed E-state index contributed by atoms with van der Waals surface area (Å²) >= 11 is 0. The second-order valence-corrected chi connectivity index (χ2v) is 5.66. The Kier molecular flexibility index (Phi) is 4.76. The molecule has 0 atom stereocenters. The standard InChI is InChI=1S/C15H25N3/c1-12-7-5-8-13(11-12)18(4)10-6-9-15(2,3)14(16)17/h5,7-8,11H,6,9-10H2,1-4H3,(H3,16,17). The summed E-state index contributed by atoms with van der Waals surface area (Å²) in [4.78, 5) is 2.25. The van der Waals surface area contributed by atoms with Gasteiger partial charge >= 0.3 is 0 Å². The number of nitrogens with zero attached hydrogens (tertiary/aromatic N) is 1. The van der Waals surface area contributed by atoms with E-state index in [1.807, 2.05) is 13.8 Å². The molecule has 0 amide bonds. The molecule has 0 heterocycles. The molecule has 0 radical (unpaired) electrons. The van der Waals surface area contributed by atoms with Gasteiger partial charge in [-0.25, -0.2) is 0 Å². The first kappa shape index (κ1) is 14.6. The Balaban J connectivity index is 2.47. The highest BCUT2D eigenvalue weighted by atomic mass is 15.1. The highest BCUT2D eigenvalue weighted by Crippen LogP contribution is 2.22. The highest BCUT2D eigenvalue weighted by Gasteiger charge is 2.20. The molecule has 100 valence electrons. The third-order valence-corrected chi connectivity index (χ3v) is 3.47. The summed E-state index contributed by atoms with van der Waals surface area (Å²) in [5, 5.41) is 7.54. The molecule has 0 aliphatic carbocycles. The molecular formula is C15H25N3. The van der Waals surface area contributed by atoms with E-state index in [1.54, 1.807) is 0 Å². The van der Waals surface area contributed by atoms with Crippen LogP contribution in [0.3, 0.4) is 0 Å². The minimum Gasteiger partial charge on any atom is -0.387 e. The molecule has 3 nitrogen and oxygen atoms in total. The van der Waals surface area contributed by atoms with Gasteiger partial charge in [-0.3, -0.25) is 5.41 Å². The van der Waals surface area contributed by atoms with Gasteiger partial charge in [0.25, 0.3) is 0 Å². The van der Waals surface area contributed by atoms with Crippen molar-refractivity contribution in [1.29, 1.82) is 5.41 Å². The molecule has 0 aliphatic rings. The lowest BCUT2D eigenvalue weighted by Gasteiger charge is -2.25. The molecule has 0 spiro atoms. The van der Waals surface area contributed by atoms with Crippen molar-refractivity contribution >= 4 is 11.5 Å². The van der Waals surface area contributed by atoms with Crippen LogP contribution < -0.4 is 10.6 Å². The van der Waals surface area contributed by atoms with Crippen LogP contribution in [0.1, 0.15) is 32.3 Å². The molecular weight excluding hydrogens is 222 g/mol. The smallest absolute Gasteiger partial charge is 0.0963 e. The van der Waals surface area contributed by atoms with Crippen molar-refractivity contribution in [2.45, 2.75) is 33.6 Å². The summed E-state index contributed by atoms with van der Waals surface area (Å²) in [7, 11) is 2.11. The van der Waals surface area contributed by atoms with E-state index in [0.29, 0.717) is 0 Å². The molecule has 3 N–H and O–H groups in total. The molecule has 0 saturated carbocycles. The van der Waals surface area contributed by atoms with E-state index in [9.17, 15) is 0 Å². The van der Waals surface area contributed by atoms with Crippen LogP contribution in [-0.4, -0.2) is 19.4 Å². The van der Waals surface area contributed by atoms with Gasteiger partial charge in [0.05, 0.1) is 5.84 Å². The zero-order chi connectivity index (χ0) is 13.8. The molecule has 0 unspecified atom stereocenters. The minimum atomic E-state index is -0.187. The van der Waals surface area contributed by atoms with Crippen molar-refractivity contribution in [2.24, 2.45) is 11.1 Å². The fourth-order valence-electron chi connectivity index (χ4n) is 1.89. The molecule has 3 heteroatoms. The fraction of sp³-hybridized carbons (Fsp3) is 0.533. The number of amidine groups is 1. The summed E-state index contributed by atoms with van der Waals surface area (Å²) in [5.74, 6) is 0.278. The van der Waals surface area contributed by atoms with E-state index in [0.717, 1.165) is 19.4 Å². The molecule has 0 fully saturated rings. The number of rotatable bonds is 6. The number of anilines is 1. The summed E-state index contributed by atoms with van der Waals surface area (Å²) in [6.07, 6.45) is 1.98. The molecule has 0 saturated heterocycles. The zero-order valence-corrected chi connectivity index (χ0v) is 12.0. The normalized spacial score (nSPS) is 11.3. The van der Waals surface area contributed by atoms with Crippen molar-refractivity contribution in [2.75, 3.05) is 18.5 Å². The predicted octanol–water partition coefficient (Wildman–Crippen LogP) is 3.17. The Bertz CT molecular complexity index is 410. The number of benzene rings is 1. The van der Waals surface area contributed by atoms with Gasteiger partial charge in [-0.2, -0.15) is 0 Å². The molecule has 0 aromatic heterocycles. The minimum absolute atomic E-state index is 0.187. The van der Waals surface area contributed by atoms with Gasteiger partial charge in [0.15, 0.2) is 0 Å². The lowest BCUT2D eigenvalue weighted by atomic mass is 9.86. The number of hydrogen-bond donors (Lipinski definition) is 2. The van der Waals surface area contributed by atoms with Crippen LogP contribution in [0.25, 0.3) is 0 Å². The van der Waals surface area contributed by atoms with Crippen LogP contribution in [0.2, 0.25) is 0 Å². The molecule has 18 heavy (non-hydrogen) atoms. The average Bonchev–Trinajstić information content (AvgIpc) is 2.28. The van der Waals surface area contributed by atoms with Crippen molar-refractivity contribution < 1.29 is 0 Å². The Labute approximate surface area is 111 Å². The summed E-state index contributed by atoms with van der Waals surface area (Å²) in [6, 6.07) is 8.51. The zero-order valence-electron chi connectivity index (χ0n) is 12.0. The highest BCUT2D eigenvalue weighted by molar-refractivity contribution is 5.82. The van der Waals surface area contributed by atoms with Gasteiger partial charge in [0.2, 0.25) is 0 Å². The topological polar surface area (TPSA) is 53.1 Å². The summed E-state index contributed by atoms with van der Waals surface area (Å²) in [5.41, 5.74) is 7.93. The second-order valence-electron chi connectivity index (χ2n) is 5.66. The van der Waals surface area contributed by atoms with E-state index in [-0.39, 0.29) is 11.3 Å². The van der Waals surface area contributed by atoms with Gasteiger partial charge in [-0.15, -0.1) is 0 Å². The largest absolute Gasteiger partial charge is 0.387 e. The second kappa shape index (κ2) is 5.89. The number of aryl methyl sites for hydroxylation is 1. The molecule has 1 aromatic rings. The summed E-state index contributed by atoms with van der Waals surface area (Å²) < 4.78 is 0. The van der Waals surface area contributed by atoms with Crippen molar-refractivity contribution in [3.8, 4) is 0 Å². The van der Waals surface area contributed by atoms with Gasteiger partial charge < -0.3 is 10.6 Å². The quantitative estimate of drug-likeness (QED) is 0.599. The van der Waals surface area contributed by atoms with Crippen LogP contribution in [0.4, 0.5) is 5.69 Å². The third kappa shape index (κ3) is 4.06. The Morgan fingerprint density at radius 2 is 2.06 bits per heavy atom. The number of nitrogens with two attached hydrogens (primary N) is 1. The molecule has 1 aromatic carbocycles. The van der Waals surface area contributed by atoms with E-state index in [2.05, 4.69) is 43.1 Å². The lowest BCUT2D eigenvalue weighted by Crippen LogP contribution is -2.31. The van der Waals surface area contributed by atoms with Crippen LogP contribution in [0, 0.1) is 17.7 Å². The van der Waals surface area contributed by atoms with Crippen LogP contribution in [0.5, 0.6) is 0 Å². The molecule has 0 aliphatic heterocycles. The van der Waals surface area contributed by atoms with Crippen molar-refractivity contribution in [1.82, 2.24) is 0 Å². The van der Waals surface area contributed by atoms with Crippen LogP contribution in [0.15, 0.2) is 24.3 Å². The van der Waals surface area contributed by atoms with Gasteiger partial charge in [0.1, 0.15) is 0 Å². The molecule has 1 rings (SSSR count). The van der Waals surface area contributed by atoms with E-state index in [1.165, 1.54) is 11.3 Å². The Morgan fingerprint density at radius 3 is 2.61 bits per heavy atom. The Morgan fingerprint density at radius 1 is 1.39 bits per heavy atom. The van der Waals surface area contributed by atoms with Gasteiger partial charge in [0, 0.05) is 24.7 Å². The number of hydrogen-bond acceptors (Lipinski definition) is 2. The van der Waals surface area contributed by atoms with Gasteiger partial charge in [-0.1, -0.05) is 26.0 Å². The maximum Gasteiger partial charge on any atom is 0.0963 e. The van der Waals surface area contributed by atoms with E-state index in [4.69, 9.17) is 11.1 Å². The Hall–Kier alpha value is -1.51. The van der Waals surface area contributed by atoms with E-state index >= 15 is 0 Å². The predicted molar refractivity (Wildman–Crippen MR) is 79.4 cm³/mol. The average molecular weight is 247 g/mol. The first-order chi connectivity index (χ1) is 8.33. The third-order valence-electron chi connectivity index (χ3n) is 3.47. The van der Waals surface area contributed by atoms with Crippen molar-refractivity contribution in [3.63, 3.8) is 0 Å². The monoisotopic (exact) mass is 247 g/mol. The SMILES string of the molecule is Cc1cccc(N(C)CCCC(C)(C)C(=N)N)c1.